The van der Waals surface area contributed by atoms with Crippen molar-refractivity contribution < 1.29 is 9.53 Å². The van der Waals surface area contributed by atoms with Crippen LogP contribution >= 0.6 is 11.8 Å². The minimum Gasteiger partial charge on any atom is -0.492 e. The Hall–Kier alpha value is -2.47. The molecule has 1 N–H and O–H groups in total. The molecular formula is C17H17N3O2S. The molecule has 118 valence electrons. The van der Waals surface area contributed by atoms with E-state index in [1.807, 2.05) is 67.2 Å². The molecule has 0 aliphatic carbocycles. The van der Waals surface area contributed by atoms with E-state index in [0.717, 1.165) is 5.69 Å². The van der Waals surface area contributed by atoms with Gasteiger partial charge in [-0.2, -0.15) is 0 Å². The van der Waals surface area contributed by atoms with E-state index in [4.69, 9.17) is 4.74 Å². The molecule has 0 spiro atoms. The van der Waals surface area contributed by atoms with Gasteiger partial charge in [0.2, 0.25) is 0 Å². The second kappa shape index (κ2) is 6.75. The molecule has 1 fully saturated rings. The standard InChI is InChI=1S/C17H17N3O2S/c1-3-22-14-9-5-4-8-13(14)18-17-19-16(21)15(23-17)11-12-7-6-10-20(12)2/h4-11H,3H2,1-2H3,(H,18,19,21). The molecule has 1 saturated heterocycles. The van der Waals surface area contributed by atoms with Crippen LogP contribution in [-0.2, 0) is 11.8 Å². The van der Waals surface area contributed by atoms with E-state index in [1.54, 1.807) is 0 Å². The lowest BCUT2D eigenvalue weighted by Crippen LogP contribution is -2.19. The van der Waals surface area contributed by atoms with Gasteiger partial charge in [-0.3, -0.25) is 4.79 Å². The third-order valence-corrected chi connectivity index (χ3v) is 4.21. The molecule has 1 amide bonds. The second-order valence-corrected chi connectivity index (χ2v) is 5.96. The number of ether oxygens (including phenoxy) is 1. The lowest BCUT2D eigenvalue weighted by atomic mass is 10.3. The topological polar surface area (TPSA) is 55.6 Å². The van der Waals surface area contributed by atoms with Gasteiger partial charge in [-0.25, -0.2) is 4.99 Å². The van der Waals surface area contributed by atoms with Crippen LogP contribution in [-0.4, -0.2) is 22.2 Å². The van der Waals surface area contributed by atoms with Crippen LogP contribution in [0.5, 0.6) is 5.75 Å². The van der Waals surface area contributed by atoms with Crippen LogP contribution in [0.1, 0.15) is 12.6 Å². The summed E-state index contributed by atoms with van der Waals surface area (Å²) in [6.07, 6.45) is 3.80. The Morgan fingerprint density at radius 3 is 2.87 bits per heavy atom. The maximum Gasteiger partial charge on any atom is 0.264 e. The van der Waals surface area contributed by atoms with Gasteiger partial charge in [0.05, 0.1) is 11.5 Å². The van der Waals surface area contributed by atoms with E-state index in [9.17, 15) is 4.79 Å². The molecule has 2 heterocycles. The van der Waals surface area contributed by atoms with Crippen LogP contribution in [0, 0.1) is 0 Å². The first-order valence-electron chi connectivity index (χ1n) is 7.30. The van der Waals surface area contributed by atoms with Crippen molar-refractivity contribution in [1.82, 2.24) is 9.88 Å². The van der Waals surface area contributed by atoms with Crippen molar-refractivity contribution in [2.45, 2.75) is 6.92 Å². The largest absolute Gasteiger partial charge is 0.492 e. The van der Waals surface area contributed by atoms with Gasteiger partial charge in [0.1, 0.15) is 11.4 Å². The Morgan fingerprint density at radius 1 is 1.30 bits per heavy atom. The molecule has 1 aliphatic heterocycles. The first kappa shape index (κ1) is 15.4. The molecule has 23 heavy (non-hydrogen) atoms. The van der Waals surface area contributed by atoms with Gasteiger partial charge in [0.25, 0.3) is 5.91 Å². The monoisotopic (exact) mass is 327 g/mol. The quantitative estimate of drug-likeness (QED) is 0.877. The van der Waals surface area contributed by atoms with Gasteiger partial charge in [0, 0.05) is 18.9 Å². The van der Waals surface area contributed by atoms with E-state index in [0.29, 0.717) is 28.1 Å². The predicted molar refractivity (Wildman–Crippen MR) is 93.8 cm³/mol. The first-order chi connectivity index (χ1) is 11.2. The molecule has 0 radical (unpaired) electrons. The van der Waals surface area contributed by atoms with E-state index in [2.05, 4.69) is 10.3 Å². The fraction of sp³-hybridized carbons (Fsp3) is 0.176. The summed E-state index contributed by atoms with van der Waals surface area (Å²) in [5, 5.41) is 3.35. The van der Waals surface area contributed by atoms with Gasteiger partial charge in [0.15, 0.2) is 5.17 Å². The summed E-state index contributed by atoms with van der Waals surface area (Å²) < 4.78 is 7.51. The number of aliphatic imine (C=N–C) groups is 1. The summed E-state index contributed by atoms with van der Waals surface area (Å²) >= 11 is 1.33. The minimum absolute atomic E-state index is 0.135. The van der Waals surface area contributed by atoms with Gasteiger partial charge in [-0.1, -0.05) is 12.1 Å². The second-order valence-electron chi connectivity index (χ2n) is 4.93. The molecule has 6 heteroatoms. The maximum absolute atomic E-state index is 12.1. The SMILES string of the molecule is CCOc1ccccc1N=C1NC(=O)C(=Cc2cccn2C)S1. The molecule has 0 saturated carbocycles. The number of aromatic nitrogens is 1. The van der Waals surface area contributed by atoms with Crippen molar-refractivity contribution in [2.24, 2.45) is 12.0 Å². The Bertz CT molecular complexity index is 793. The molecule has 0 bridgehead atoms. The third kappa shape index (κ3) is 3.48. The Morgan fingerprint density at radius 2 is 2.13 bits per heavy atom. The van der Waals surface area contributed by atoms with Crippen LogP contribution in [0.4, 0.5) is 5.69 Å². The van der Waals surface area contributed by atoms with Crippen LogP contribution in [0.2, 0.25) is 0 Å². The lowest BCUT2D eigenvalue weighted by molar-refractivity contribution is -0.115. The average molecular weight is 327 g/mol. The highest BCUT2D eigenvalue weighted by Crippen LogP contribution is 2.32. The zero-order valence-electron chi connectivity index (χ0n) is 12.9. The number of nitrogens with one attached hydrogen (secondary N) is 1. The highest BCUT2D eigenvalue weighted by Gasteiger charge is 2.24. The fourth-order valence-corrected chi connectivity index (χ4v) is 3.00. The van der Waals surface area contributed by atoms with Crippen LogP contribution < -0.4 is 10.1 Å². The van der Waals surface area contributed by atoms with Crippen molar-refractivity contribution >= 4 is 34.6 Å². The summed E-state index contributed by atoms with van der Waals surface area (Å²) in [4.78, 5) is 17.2. The normalized spacial score (nSPS) is 17.7. The van der Waals surface area contributed by atoms with Crippen molar-refractivity contribution in [3.63, 3.8) is 0 Å². The molecule has 1 aliphatic rings. The summed E-state index contributed by atoms with van der Waals surface area (Å²) in [6, 6.07) is 11.4. The molecule has 0 unspecified atom stereocenters. The zero-order valence-corrected chi connectivity index (χ0v) is 13.8. The van der Waals surface area contributed by atoms with Crippen LogP contribution in [0.25, 0.3) is 6.08 Å². The van der Waals surface area contributed by atoms with E-state index < -0.39 is 0 Å². The van der Waals surface area contributed by atoms with Gasteiger partial charge in [-0.15, -0.1) is 0 Å². The average Bonchev–Trinajstić information content (AvgIpc) is 3.08. The molecule has 3 rings (SSSR count). The smallest absolute Gasteiger partial charge is 0.264 e. The number of amidine groups is 1. The number of carbonyl (C=O) groups excluding carboxylic acids is 1. The number of nitrogens with zero attached hydrogens (tertiary/aromatic N) is 2. The third-order valence-electron chi connectivity index (χ3n) is 3.30. The zero-order chi connectivity index (χ0) is 16.2. The van der Waals surface area contributed by atoms with Crippen molar-refractivity contribution in [1.29, 1.82) is 0 Å². The van der Waals surface area contributed by atoms with E-state index in [1.165, 1.54) is 11.8 Å². The summed E-state index contributed by atoms with van der Waals surface area (Å²) in [5.74, 6) is 0.570. The molecular weight excluding hydrogens is 310 g/mol. The number of hydrogen-bond donors (Lipinski definition) is 1. The highest BCUT2D eigenvalue weighted by atomic mass is 32.2. The number of aryl methyl sites for hydroxylation is 1. The Balaban J connectivity index is 1.85. The minimum atomic E-state index is -0.135. The maximum atomic E-state index is 12.1. The Labute approximate surface area is 139 Å². The van der Waals surface area contributed by atoms with Gasteiger partial charge < -0.3 is 14.6 Å². The molecule has 2 aromatic rings. The molecule has 1 aromatic heterocycles. The van der Waals surface area contributed by atoms with Gasteiger partial charge in [-0.05, 0) is 49.0 Å². The number of rotatable bonds is 4. The van der Waals surface area contributed by atoms with Crippen molar-refractivity contribution in [3.05, 3.63) is 53.2 Å². The van der Waals surface area contributed by atoms with Crippen LogP contribution in [0.3, 0.4) is 0 Å². The predicted octanol–water partition coefficient (Wildman–Crippen LogP) is 3.32. The van der Waals surface area contributed by atoms with Crippen molar-refractivity contribution in [3.8, 4) is 5.75 Å². The molecule has 0 atom stereocenters. The number of amides is 1. The van der Waals surface area contributed by atoms with E-state index >= 15 is 0 Å². The van der Waals surface area contributed by atoms with Crippen LogP contribution in [0.15, 0.2) is 52.5 Å². The number of thioether (sulfide) groups is 1. The van der Waals surface area contributed by atoms with Gasteiger partial charge >= 0.3 is 0 Å². The lowest BCUT2D eigenvalue weighted by Gasteiger charge is -2.06. The number of hydrogen-bond acceptors (Lipinski definition) is 4. The summed E-state index contributed by atoms with van der Waals surface area (Å²) in [6.45, 7) is 2.50. The summed E-state index contributed by atoms with van der Waals surface area (Å²) in [7, 11) is 1.94. The molecule has 5 nitrogen and oxygen atoms in total. The number of benzene rings is 1. The Kier molecular flexibility index (Phi) is 4.52. The summed E-state index contributed by atoms with van der Waals surface area (Å²) in [5.41, 5.74) is 1.68. The fourth-order valence-electron chi connectivity index (χ4n) is 2.18. The first-order valence-corrected chi connectivity index (χ1v) is 8.12. The molecule has 1 aromatic carbocycles. The number of para-hydroxylation sites is 2. The van der Waals surface area contributed by atoms with Crippen molar-refractivity contribution in [2.75, 3.05) is 6.61 Å². The van der Waals surface area contributed by atoms with E-state index in [-0.39, 0.29) is 5.91 Å². The number of carbonyl (C=O) groups is 1. The highest BCUT2D eigenvalue weighted by molar-refractivity contribution is 8.18.